The summed E-state index contributed by atoms with van der Waals surface area (Å²) in [4.78, 5) is 16.7. The Hall–Kier alpha value is -3.28. The predicted octanol–water partition coefficient (Wildman–Crippen LogP) is 2.18. The van der Waals surface area contributed by atoms with Crippen molar-refractivity contribution in [1.82, 2.24) is 24.9 Å². The van der Waals surface area contributed by atoms with Crippen molar-refractivity contribution in [3.8, 4) is 0 Å². The summed E-state index contributed by atoms with van der Waals surface area (Å²) in [5.41, 5.74) is 2.62. The summed E-state index contributed by atoms with van der Waals surface area (Å²) in [6, 6.07) is 15.6. The Kier molecular flexibility index (Phi) is 4.08. The van der Waals surface area contributed by atoms with Gasteiger partial charge in [-0.2, -0.15) is 0 Å². The van der Waals surface area contributed by atoms with Gasteiger partial charge in [0.15, 0.2) is 5.65 Å². The zero-order valence-corrected chi connectivity index (χ0v) is 13.6. The van der Waals surface area contributed by atoms with Crippen LogP contribution in [0.1, 0.15) is 11.4 Å². The molecule has 4 rings (SSSR count). The quantitative estimate of drug-likeness (QED) is 0.608. The fraction of sp³-hybridized carbons (Fsp3) is 0.158. The highest BCUT2D eigenvalue weighted by atomic mass is 16.1. The number of hydrogen-bond donors (Lipinski definition) is 1. The van der Waals surface area contributed by atoms with E-state index in [9.17, 15) is 4.79 Å². The fourth-order valence-electron chi connectivity index (χ4n) is 2.92. The Labute approximate surface area is 144 Å². The SMILES string of the molecule is O=C(Cc1cccc2cccnc12)NCCc1nnc2ccccn12. The minimum Gasteiger partial charge on any atom is -0.355 e. The van der Waals surface area contributed by atoms with E-state index >= 15 is 0 Å². The second kappa shape index (κ2) is 6.68. The number of carbonyl (C=O) groups excluding carboxylic acids is 1. The predicted molar refractivity (Wildman–Crippen MR) is 95.1 cm³/mol. The highest BCUT2D eigenvalue weighted by Crippen LogP contribution is 2.16. The van der Waals surface area contributed by atoms with Gasteiger partial charge in [-0.1, -0.05) is 30.3 Å². The van der Waals surface area contributed by atoms with Gasteiger partial charge in [0.05, 0.1) is 11.9 Å². The number of carbonyl (C=O) groups is 1. The Morgan fingerprint density at radius 1 is 1.04 bits per heavy atom. The second-order valence-corrected chi connectivity index (χ2v) is 5.81. The van der Waals surface area contributed by atoms with Crippen LogP contribution in [0.25, 0.3) is 16.6 Å². The molecular weight excluding hydrogens is 314 g/mol. The van der Waals surface area contributed by atoms with Crippen LogP contribution in [0.5, 0.6) is 0 Å². The molecule has 25 heavy (non-hydrogen) atoms. The van der Waals surface area contributed by atoms with Gasteiger partial charge in [-0.15, -0.1) is 10.2 Å². The Bertz CT molecular complexity index is 1030. The van der Waals surface area contributed by atoms with Gasteiger partial charge in [0.25, 0.3) is 0 Å². The van der Waals surface area contributed by atoms with E-state index in [-0.39, 0.29) is 5.91 Å². The molecule has 3 aromatic heterocycles. The Morgan fingerprint density at radius 3 is 2.92 bits per heavy atom. The van der Waals surface area contributed by atoms with Gasteiger partial charge in [0.2, 0.25) is 5.91 Å². The molecule has 0 aliphatic rings. The van der Waals surface area contributed by atoms with Crippen molar-refractivity contribution in [2.45, 2.75) is 12.8 Å². The third kappa shape index (κ3) is 3.19. The Balaban J connectivity index is 1.39. The smallest absolute Gasteiger partial charge is 0.224 e. The van der Waals surface area contributed by atoms with Crippen molar-refractivity contribution in [2.24, 2.45) is 0 Å². The molecule has 124 valence electrons. The third-order valence-electron chi connectivity index (χ3n) is 4.12. The maximum absolute atomic E-state index is 12.3. The average Bonchev–Trinajstić information content (AvgIpc) is 3.05. The lowest BCUT2D eigenvalue weighted by molar-refractivity contribution is -0.120. The topological polar surface area (TPSA) is 72.2 Å². The van der Waals surface area contributed by atoms with E-state index in [0.717, 1.165) is 27.9 Å². The van der Waals surface area contributed by atoms with Crippen molar-refractivity contribution in [3.05, 3.63) is 72.3 Å². The van der Waals surface area contributed by atoms with Gasteiger partial charge in [-0.05, 0) is 23.8 Å². The summed E-state index contributed by atoms with van der Waals surface area (Å²) in [6.45, 7) is 0.521. The first kappa shape index (κ1) is 15.3. The van der Waals surface area contributed by atoms with Crippen molar-refractivity contribution in [1.29, 1.82) is 0 Å². The van der Waals surface area contributed by atoms with Crippen LogP contribution >= 0.6 is 0 Å². The average molecular weight is 331 g/mol. The molecule has 0 saturated heterocycles. The number of hydrogen-bond acceptors (Lipinski definition) is 4. The summed E-state index contributed by atoms with van der Waals surface area (Å²) >= 11 is 0. The molecule has 0 unspecified atom stereocenters. The summed E-state index contributed by atoms with van der Waals surface area (Å²) in [5.74, 6) is 0.815. The molecule has 0 bridgehead atoms. The van der Waals surface area contributed by atoms with Gasteiger partial charge < -0.3 is 5.32 Å². The van der Waals surface area contributed by atoms with Gasteiger partial charge in [-0.25, -0.2) is 0 Å². The number of amides is 1. The van der Waals surface area contributed by atoms with Crippen molar-refractivity contribution in [3.63, 3.8) is 0 Å². The van der Waals surface area contributed by atoms with E-state index in [1.54, 1.807) is 6.20 Å². The number of rotatable bonds is 5. The van der Waals surface area contributed by atoms with E-state index in [2.05, 4.69) is 20.5 Å². The molecule has 0 radical (unpaired) electrons. The normalized spacial score (nSPS) is 11.0. The Morgan fingerprint density at radius 2 is 1.96 bits per heavy atom. The molecule has 0 aliphatic heterocycles. The van der Waals surface area contributed by atoms with Crippen molar-refractivity contribution in [2.75, 3.05) is 6.54 Å². The van der Waals surface area contributed by atoms with Crippen molar-refractivity contribution < 1.29 is 4.79 Å². The highest BCUT2D eigenvalue weighted by Gasteiger charge is 2.09. The van der Waals surface area contributed by atoms with Crippen LogP contribution in [0.4, 0.5) is 0 Å². The third-order valence-corrected chi connectivity index (χ3v) is 4.12. The minimum atomic E-state index is -0.0213. The lowest BCUT2D eigenvalue weighted by atomic mass is 10.1. The molecule has 4 aromatic rings. The molecular formula is C19H17N5O. The maximum atomic E-state index is 12.3. The zero-order valence-electron chi connectivity index (χ0n) is 13.6. The molecule has 1 amide bonds. The monoisotopic (exact) mass is 331 g/mol. The number of aromatic nitrogens is 4. The molecule has 6 heteroatoms. The molecule has 3 heterocycles. The number of para-hydroxylation sites is 1. The number of nitrogens with one attached hydrogen (secondary N) is 1. The molecule has 0 atom stereocenters. The summed E-state index contributed by atoms with van der Waals surface area (Å²) in [5, 5.41) is 12.3. The first-order valence-electron chi connectivity index (χ1n) is 8.19. The number of fused-ring (bicyclic) bond motifs is 2. The number of benzene rings is 1. The first-order valence-corrected chi connectivity index (χ1v) is 8.19. The van der Waals surface area contributed by atoms with Crippen LogP contribution in [-0.2, 0) is 17.6 Å². The van der Waals surface area contributed by atoms with Crippen LogP contribution in [0.3, 0.4) is 0 Å². The van der Waals surface area contributed by atoms with E-state index < -0.39 is 0 Å². The summed E-state index contributed by atoms with van der Waals surface area (Å²) < 4.78 is 1.93. The van der Waals surface area contributed by atoms with Gasteiger partial charge >= 0.3 is 0 Å². The van der Waals surface area contributed by atoms with E-state index in [0.29, 0.717) is 19.4 Å². The summed E-state index contributed by atoms with van der Waals surface area (Å²) in [7, 11) is 0. The van der Waals surface area contributed by atoms with E-state index in [1.807, 2.05) is 59.1 Å². The number of nitrogens with zero attached hydrogens (tertiary/aromatic N) is 4. The molecule has 6 nitrogen and oxygen atoms in total. The molecule has 1 N–H and O–H groups in total. The zero-order chi connectivity index (χ0) is 17.1. The molecule has 0 spiro atoms. The molecule has 0 fully saturated rings. The van der Waals surface area contributed by atoms with Crippen LogP contribution in [-0.4, -0.2) is 32.0 Å². The van der Waals surface area contributed by atoms with Gasteiger partial charge in [-0.3, -0.25) is 14.2 Å². The summed E-state index contributed by atoms with van der Waals surface area (Å²) in [6.07, 6.45) is 4.62. The van der Waals surface area contributed by atoms with E-state index in [4.69, 9.17) is 0 Å². The maximum Gasteiger partial charge on any atom is 0.224 e. The van der Waals surface area contributed by atoms with E-state index in [1.165, 1.54) is 0 Å². The second-order valence-electron chi connectivity index (χ2n) is 5.81. The molecule has 1 aromatic carbocycles. The first-order chi connectivity index (χ1) is 12.3. The van der Waals surface area contributed by atoms with Crippen LogP contribution < -0.4 is 5.32 Å². The molecule has 0 saturated carbocycles. The van der Waals surface area contributed by atoms with Crippen molar-refractivity contribution >= 4 is 22.5 Å². The largest absolute Gasteiger partial charge is 0.355 e. The van der Waals surface area contributed by atoms with Crippen LogP contribution in [0, 0.1) is 0 Å². The highest BCUT2D eigenvalue weighted by molar-refractivity contribution is 5.87. The number of pyridine rings is 2. The van der Waals surface area contributed by atoms with Crippen LogP contribution in [0.15, 0.2) is 60.9 Å². The lowest BCUT2D eigenvalue weighted by Gasteiger charge is -2.07. The van der Waals surface area contributed by atoms with Gasteiger partial charge in [0.1, 0.15) is 5.82 Å². The minimum absolute atomic E-state index is 0.0213. The standard InChI is InChI=1S/C19H17N5O/c25-18(13-15-6-3-5-14-7-4-10-21-19(14)15)20-11-9-17-23-22-16-8-1-2-12-24(16)17/h1-8,10,12H,9,11,13H2,(H,20,25). The molecule has 0 aliphatic carbocycles. The lowest BCUT2D eigenvalue weighted by Crippen LogP contribution is -2.27. The van der Waals surface area contributed by atoms with Gasteiger partial charge in [0, 0.05) is 30.7 Å². The fourth-order valence-corrected chi connectivity index (χ4v) is 2.92. The van der Waals surface area contributed by atoms with Crippen LogP contribution in [0.2, 0.25) is 0 Å².